The van der Waals surface area contributed by atoms with Gasteiger partial charge in [0.05, 0.1) is 24.7 Å². The summed E-state index contributed by atoms with van der Waals surface area (Å²) in [5.41, 5.74) is -2.43. The molecule has 41 heavy (non-hydrogen) atoms. The molecule has 0 aliphatic heterocycles. The van der Waals surface area contributed by atoms with Crippen molar-refractivity contribution in [1.82, 2.24) is 0 Å². The Morgan fingerprint density at radius 3 is 2.22 bits per heavy atom. The van der Waals surface area contributed by atoms with Gasteiger partial charge in [-0.15, -0.1) is 0 Å². The Morgan fingerprint density at radius 1 is 1.15 bits per heavy atom. The van der Waals surface area contributed by atoms with Crippen molar-refractivity contribution in [2.75, 3.05) is 7.11 Å². The average Bonchev–Trinajstić information content (AvgIpc) is 2.87. The summed E-state index contributed by atoms with van der Waals surface area (Å²) in [5, 5.41) is 22.1. The van der Waals surface area contributed by atoms with Crippen LogP contribution in [-0.2, 0) is 19.1 Å². The van der Waals surface area contributed by atoms with E-state index in [9.17, 15) is 24.8 Å². The molecule has 3 saturated carbocycles. The van der Waals surface area contributed by atoms with Gasteiger partial charge in [0, 0.05) is 10.8 Å². The predicted octanol–water partition coefficient (Wildman–Crippen LogP) is 7.36. The number of carbonyl (C=O) groups is 3. The second-order valence-electron chi connectivity index (χ2n) is 16.0. The topological polar surface area (TPSA) is 104 Å². The highest BCUT2D eigenvalue weighted by atomic mass is 79.9. The van der Waals surface area contributed by atoms with Crippen LogP contribution in [0.4, 0.5) is 0 Å². The molecule has 0 amide bonds. The van der Waals surface area contributed by atoms with Crippen molar-refractivity contribution < 1.29 is 24.2 Å². The first-order valence-corrected chi connectivity index (χ1v) is 16.0. The molecule has 7 heteroatoms. The summed E-state index contributed by atoms with van der Waals surface area (Å²) in [6.45, 7) is 20.4. The number of Topliss-reactive ketones (excluding diaryl/α,β-unsaturated/α-hetero) is 1. The van der Waals surface area contributed by atoms with Crippen LogP contribution in [0.15, 0.2) is 11.6 Å². The van der Waals surface area contributed by atoms with Crippen LogP contribution in [0.25, 0.3) is 0 Å². The fraction of sp³-hybridized carbons (Fsp3) is 0.824. The maximum atomic E-state index is 13.6. The summed E-state index contributed by atoms with van der Waals surface area (Å²) >= 11 is 3.39. The smallest absolute Gasteiger partial charge is 0.312 e. The van der Waals surface area contributed by atoms with Crippen molar-refractivity contribution in [2.24, 2.45) is 44.3 Å². The second-order valence-corrected chi connectivity index (χ2v) is 17.2. The first kappa shape index (κ1) is 34.0. The Labute approximate surface area is 256 Å². The SMILES string of the molecule is COC(=O)[C@]1(CCC(C)(C)[C@]2(C)CC[C@H]3C(C)(C)C(=O)C(Br)(C#N)C(O)[C@]3(C)/C2=C/C(C)=O)CCC(C)(C)CC1C. The highest BCUT2D eigenvalue weighted by molar-refractivity contribution is 9.10. The third-order valence-electron chi connectivity index (χ3n) is 12.4. The van der Waals surface area contributed by atoms with Gasteiger partial charge in [0.1, 0.15) is 0 Å². The Balaban J connectivity index is 2.13. The predicted molar refractivity (Wildman–Crippen MR) is 164 cm³/mol. The number of ether oxygens (including phenoxy) is 1. The molecule has 0 spiro atoms. The van der Waals surface area contributed by atoms with E-state index in [2.05, 4.69) is 63.5 Å². The minimum Gasteiger partial charge on any atom is -0.469 e. The van der Waals surface area contributed by atoms with Gasteiger partial charge in [-0.25, -0.2) is 0 Å². The number of fused-ring (bicyclic) bond motifs is 1. The summed E-state index contributed by atoms with van der Waals surface area (Å²) in [5.74, 6) is -0.677. The number of carbonyl (C=O) groups excluding carboxylic acids is 3. The molecule has 0 aromatic carbocycles. The van der Waals surface area contributed by atoms with Crippen molar-refractivity contribution in [2.45, 2.75) is 125 Å². The maximum absolute atomic E-state index is 13.6. The van der Waals surface area contributed by atoms with E-state index in [4.69, 9.17) is 4.74 Å². The van der Waals surface area contributed by atoms with Gasteiger partial charge in [-0.2, -0.15) is 5.26 Å². The Hall–Kier alpha value is -1.52. The Bertz CT molecular complexity index is 1180. The molecule has 3 aliphatic carbocycles. The third kappa shape index (κ3) is 4.97. The number of hydrogen-bond acceptors (Lipinski definition) is 6. The molecular formula is C34H52BrNO5. The summed E-state index contributed by atoms with van der Waals surface area (Å²) < 4.78 is 3.64. The van der Waals surface area contributed by atoms with Gasteiger partial charge in [-0.3, -0.25) is 14.4 Å². The lowest BCUT2D eigenvalue weighted by Gasteiger charge is -2.65. The molecule has 3 aliphatic rings. The van der Waals surface area contributed by atoms with E-state index in [1.54, 1.807) is 6.08 Å². The van der Waals surface area contributed by atoms with Crippen LogP contribution in [0.5, 0.6) is 0 Å². The normalized spacial score (nSPS) is 41.3. The van der Waals surface area contributed by atoms with Crippen LogP contribution in [-0.4, -0.2) is 40.2 Å². The quantitative estimate of drug-likeness (QED) is 0.186. The molecule has 6 nitrogen and oxygen atoms in total. The van der Waals surface area contributed by atoms with E-state index < -0.39 is 32.1 Å². The number of ketones is 2. The number of nitriles is 1. The Morgan fingerprint density at radius 2 is 1.73 bits per heavy atom. The summed E-state index contributed by atoms with van der Waals surface area (Å²) in [7, 11) is 1.48. The number of nitrogens with zero attached hydrogens (tertiary/aromatic N) is 1. The van der Waals surface area contributed by atoms with Crippen molar-refractivity contribution in [3.05, 3.63) is 11.6 Å². The van der Waals surface area contributed by atoms with Gasteiger partial charge in [-0.05, 0) is 86.0 Å². The molecule has 0 saturated heterocycles. The summed E-state index contributed by atoms with van der Waals surface area (Å²) in [6, 6.07) is 2.09. The van der Waals surface area contributed by atoms with E-state index in [1.165, 1.54) is 14.0 Å². The largest absolute Gasteiger partial charge is 0.469 e. The average molecular weight is 635 g/mol. The fourth-order valence-electron chi connectivity index (χ4n) is 9.32. The monoisotopic (exact) mass is 633 g/mol. The van der Waals surface area contributed by atoms with Crippen LogP contribution >= 0.6 is 15.9 Å². The number of aliphatic hydroxyl groups excluding tert-OH is 1. The number of methoxy groups -OCH3 is 1. The lowest BCUT2D eigenvalue weighted by atomic mass is 9.39. The number of halogens is 1. The zero-order valence-corrected chi connectivity index (χ0v) is 28.8. The number of allylic oxidation sites excluding steroid dienone is 1. The van der Waals surface area contributed by atoms with Gasteiger partial charge in [0.2, 0.25) is 0 Å². The number of alkyl halides is 1. The fourth-order valence-corrected chi connectivity index (χ4v) is 10.3. The van der Waals surface area contributed by atoms with Crippen LogP contribution in [0.1, 0.15) is 114 Å². The lowest BCUT2D eigenvalue weighted by molar-refractivity contribution is -0.165. The van der Waals surface area contributed by atoms with Crippen molar-refractivity contribution in [1.29, 1.82) is 5.26 Å². The zero-order valence-electron chi connectivity index (χ0n) is 27.2. The highest BCUT2D eigenvalue weighted by Gasteiger charge is 2.71. The molecule has 0 heterocycles. The van der Waals surface area contributed by atoms with Crippen LogP contribution in [0.3, 0.4) is 0 Å². The van der Waals surface area contributed by atoms with E-state index >= 15 is 0 Å². The third-order valence-corrected chi connectivity index (χ3v) is 13.4. The lowest BCUT2D eigenvalue weighted by Crippen LogP contribution is -2.70. The van der Waals surface area contributed by atoms with Gasteiger partial charge in [-0.1, -0.05) is 83.8 Å². The zero-order chi connectivity index (χ0) is 31.6. The molecule has 1 N–H and O–H groups in total. The Kier molecular flexibility index (Phi) is 8.77. The first-order valence-electron chi connectivity index (χ1n) is 15.2. The molecule has 3 rings (SSSR count). The van der Waals surface area contributed by atoms with Crippen LogP contribution < -0.4 is 0 Å². The highest BCUT2D eigenvalue weighted by Crippen LogP contribution is 2.70. The van der Waals surface area contributed by atoms with Gasteiger partial charge < -0.3 is 9.84 Å². The van der Waals surface area contributed by atoms with E-state index in [0.717, 1.165) is 37.7 Å². The standard InChI is InChI=1S/C34H52BrNO5/c1-21-19-28(3,4)14-16-33(21,27(40)41-11)17-15-29(5,6)31(9)13-12-23-30(7,8)25(38)34(35,20-36)26(39)32(23,10)24(31)18-22(2)37/h18,21,23,26,39H,12-17,19H2,1-11H3/b24-18+/t21?,23-,26?,31+,32-,33-,34?/m0/s1. The van der Waals surface area contributed by atoms with Crippen molar-refractivity contribution in [3.8, 4) is 6.07 Å². The van der Waals surface area contributed by atoms with Gasteiger partial charge in [0.15, 0.2) is 15.9 Å². The summed E-state index contributed by atoms with van der Waals surface area (Å²) in [4.78, 5) is 39.9. The second kappa shape index (κ2) is 10.6. The number of rotatable bonds is 6. The molecule has 0 radical (unpaired) electrons. The molecule has 3 fully saturated rings. The molecule has 230 valence electrons. The first-order chi connectivity index (χ1) is 18.5. The van der Waals surface area contributed by atoms with Crippen LogP contribution in [0.2, 0.25) is 0 Å². The van der Waals surface area contributed by atoms with Crippen molar-refractivity contribution >= 4 is 33.5 Å². The van der Waals surface area contributed by atoms with Crippen molar-refractivity contribution in [3.63, 3.8) is 0 Å². The molecular weight excluding hydrogens is 582 g/mol. The minimum atomic E-state index is -1.78. The number of esters is 1. The van der Waals surface area contributed by atoms with E-state index in [-0.39, 0.29) is 40.2 Å². The number of aliphatic hydroxyl groups is 1. The molecule has 0 bridgehead atoms. The minimum absolute atomic E-state index is 0.128. The molecule has 7 atom stereocenters. The molecule has 0 aromatic heterocycles. The van der Waals surface area contributed by atoms with E-state index in [1.807, 2.05) is 20.8 Å². The van der Waals surface area contributed by atoms with Crippen LogP contribution in [0, 0.1) is 55.7 Å². The summed E-state index contributed by atoms with van der Waals surface area (Å²) in [6.07, 6.45) is 5.78. The van der Waals surface area contributed by atoms with Gasteiger partial charge >= 0.3 is 5.97 Å². The number of hydrogen-bond donors (Lipinski definition) is 1. The molecule has 0 aromatic rings. The van der Waals surface area contributed by atoms with Gasteiger partial charge in [0.25, 0.3) is 0 Å². The molecule has 3 unspecified atom stereocenters. The van der Waals surface area contributed by atoms with E-state index in [0.29, 0.717) is 12.8 Å². The maximum Gasteiger partial charge on any atom is 0.312 e.